The van der Waals surface area contributed by atoms with E-state index in [4.69, 9.17) is 0 Å². The van der Waals surface area contributed by atoms with E-state index in [0.717, 1.165) is 17.5 Å². The highest BCUT2D eigenvalue weighted by Gasteiger charge is 2.49. The van der Waals surface area contributed by atoms with Crippen LogP contribution in [0.1, 0.15) is 44.7 Å². The number of nitrogens with one attached hydrogen (secondary N) is 1. The number of hydrogen-bond donors (Lipinski definition) is 1. The van der Waals surface area contributed by atoms with Crippen LogP contribution in [-0.2, 0) is 16.6 Å². The van der Waals surface area contributed by atoms with Gasteiger partial charge in [0.15, 0.2) is 0 Å². The summed E-state index contributed by atoms with van der Waals surface area (Å²) in [5.74, 6) is 2.81. The number of hydrogen-bond acceptors (Lipinski definition) is 3. The highest BCUT2D eigenvalue weighted by atomic mass is 32.2. The lowest BCUT2D eigenvalue weighted by atomic mass is 9.54. The van der Waals surface area contributed by atoms with E-state index in [0.29, 0.717) is 23.3 Å². The van der Waals surface area contributed by atoms with Crippen molar-refractivity contribution in [3.63, 3.8) is 0 Å². The lowest BCUT2D eigenvalue weighted by Gasteiger charge is -2.54. The Balaban J connectivity index is 1.58. The van der Waals surface area contributed by atoms with E-state index < -0.39 is 10.0 Å². The Morgan fingerprint density at radius 1 is 1.18 bits per heavy atom. The van der Waals surface area contributed by atoms with Gasteiger partial charge in [-0.15, -0.1) is 0 Å². The van der Waals surface area contributed by atoms with Crippen LogP contribution in [0.3, 0.4) is 0 Å². The zero-order valence-electron chi connectivity index (χ0n) is 13.3. The predicted octanol–water partition coefficient (Wildman–Crippen LogP) is 2.31. The Morgan fingerprint density at radius 3 is 2.27 bits per heavy atom. The molecule has 0 aliphatic heterocycles. The minimum absolute atomic E-state index is 0.141. The third kappa shape index (κ3) is 2.22. The van der Waals surface area contributed by atoms with Crippen LogP contribution in [0.4, 0.5) is 0 Å². The van der Waals surface area contributed by atoms with Crippen molar-refractivity contribution in [3.05, 3.63) is 11.9 Å². The molecule has 0 saturated heterocycles. The zero-order chi connectivity index (χ0) is 15.5. The maximum Gasteiger partial charge on any atom is 0.244 e. The zero-order valence-corrected chi connectivity index (χ0v) is 14.1. The third-order valence-corrected chi connectivity index (χ3v) is 7.73. The van der Waals surface area contributed by atoms with Crippen molar-refractivity contribution >= 4 is 10.0 Å². The number of aryl methyl sites for hydroxylation is 1. The Kier molecular flexibility index (Phi) is 3.38. The molecule has 4 aliphatic rings. The van der Waals surface area contributed by atoms with Crippen LogP contribution >= 0.6 is 0 Å². The summed E-state index contributed by atoms with van der Waals surface area (Å²) in [5.41, 5.74) is 0.735. The molecular formula is C16H25N3O2S. The van der Waals surface area contributed by atoms with Crippen LogP contribution in [0, 0.1) is 30.6 Å². The van der Waals surface area contributed by atoms with Crippen molar-refractivity contribution < 1.29 is 8.42 Å². The second-order valence-corrected chi connectivity index (χ2v) is 9.17. The van der Waals surface area contributed by atoms with Crippen molar-refractivity contribution in [2.75, 3.05) is 0 Å². The Labute approximate surface area is 132 Å². The molecule has 122 valence electrons. The second kappa shape index (κ2) is 5.06. The van der Waals surface area contributed by atoms with Gasteiger partial charge in [-0.1, -0.05) is 0 Å². The highest BCUT2D eigenvalue weighted by molar-refractivity contribution is 7.89. The molecule has 1 N–H and O–H groups in total. The van der Waals surface area contributed by atoms with Gasteiger partial charge in [0.1, 0.15) is 4.90 Å². The third-order valence-electron chi connectivity index (χ3n) is 6.17. The second-order valence-electron chi connectivity index (χ2n) is 7.49. The molecule has 1 heterocycles. The molecular weight excluding hydrogens is 298 g/mol. The average molecular weight is 323 g/mol. The fourth-order valence-electron chi connectivity index (χ4n) is 5.37. The van der Waals surface area contributed by atoms with Crippen molar-refractivity contribution in [2.45, 2.75) is 63.4 Å². The van der Waals surface area contributed by atoms with E-state index in [2.05, 4.69) is 9.82 Å². The van der Waals surface area contributed by atoms with Crippen LogP contribution in [0.5, 0.6) is 0 Å². The van der Waals surface area contributed by atoms with Gasteiger partial charge in [-0.05, 0) is 69.6 Å². The van der Waals surface area contributed by atoms with Crippen LogP contribution in [0.15, 0.2) is 11.1 Å². The molecule has 22 heavy (non-hydrogen) atoms. The molecule has 0 unspecified atom stereocenters. The van der Waals surface area contributed by atoms with Crippen LogP contribution in [0.2, 0.25) is 0 Å². The summed E-state index contributed by atoms with van der Waals surface area (Å²) < 4.78 is 30.4. The SMILES string of the molecule is CCn1ncc(S(=O)(=O)NC2C3CC4CC(C3)CC2C4)c1C. The van der Waals surface area contributed by atoms with Gasteiger partial charge in [-0.2, -0.15) is 5.10 Å². The molecule has 4 aliphatic carbocycles. The van der Waals surface area contributed by atoms with E-state index in [1.165, 1.54) is 38.3 Å². The molecule has 0 atom stereocenters. The van der Waals surface area contributed by atoms with Crippen LogP contribution in [-0.4, -0.2) is 24.2 Å². The number of sulfonamides is 1. The van der Waals surface area contributed by atoms with E-state index in [9.17, 15) is 8.42 Å². The van der Waals surface area contributed by atoms with Crippen molar-refractivity contribution in [1.82, 2.24) is 14.5 Å². The quantitative estimate of drug-likeness (QED) is 0.925. The highest BCUT2D eigenvalue weighted by Crippen LogP contribution is 2.53. The lowest BCUT2D eigenvalue weighted by molar-refractivity contribution is -0.00558. The Morgan fingerprint density at radius 2 is 1.77 bits per heavy atom. The molecule has 5 nitrogen and oxygen atoms in total. The molecule has 1 aromatic heterocycles. The van der Waals surface area contributed by atoms with E-state index >= 15 is 0 Å². The van der Waals surface area contributed by atoms with Crippen LogP contribution in [0.25, 0.3) is 0 Å². The molecule has 4 fully saturated rings. The largest absolute Gasteiger partial charge is 0.269 e. The Bertz CT molecular complexity index is 652. The van der Waals surface area contributed by atoms with Crippen LogP contribution < -0.4 is 4.72 Å². The fraction of sp³-hybridized carbons (Fsp3) is 0.812. The molecule has 0 aromatic carbocycles. The summed E-state index contributed by atoms with van der Waals surface area (Å²) in [6, 6.07) is 0.141. The van der Waals surface area contributed by atoms with Gasteiger partial charge in [0.05, 0.1) is 11.9 Å². The summed E-state index contributed by atoms with van der Waals surface area (Å²) in [4.78, 5) is 0.350. The first kappa shape index (κ1) is 14.7. The van der Waals surface area contributed by atoms with Gasteiger partial charge in [0, 0.05) is 12.6 Å². The van der Waals surface area contributed by atoms with E-state index in [1.54, 1.807) is 4.68 Å². The Hall–Kier alpha value is -0.880. The first-order valence-corrected chi connectivity index (χ1v) is 10.0. The van der Waals surface area contributed by atoms with Gasteiger partial charge in [-0.3, -0.25) is 4.68 Å². The average Bonchev–Trinajstić information content (AvgIpc) is 2.84. The first-order valence-electron chi connectivity index (χ1n) is 8.52. The van der Waals surface area contributed by atoms with Gasteiger partial charge in [0.2, 0.25) is 10.0 Å². The fourth-order valence-corrected chi connectivity index (χ4v) is 6.92. The van der Waals surface area contributed by atoms with E-state index in [-0.39, 0.29) is 6.04 Å². The summed E-state index contributed by atoms with van der Waals surface area (Å²) in [6.07, 6.45) is 7.74. The smallest absolute Gasteiger partial charge is 0.244 e. The summed E-state index contributed by atoms with van der Waals surface area (Å²) in [7, 11) is -3.46. The van der Waals surface area contributed by atoms with Gasteiger partial charge in [-0.25, -0.2) is 13.1 Å². The molecule has 4 bridgehead atoms. The van der Waals surface area contributed by atoms with Crippen molar-refractivity contribution in [1.29, 1.82) is 0 Å². The molecule has 0 amide bonds. The predicted molar refractivity (Wildman–Crippen MR) is 83.8 cm³/mol. The monoisotopic (exact) mass is 323 g/mol. The van der Waals surface area contributed by atoms with Gasteiger partial charge >= 0.3 is 0 Å². The standard InChI is InChI=1S/C16H25N3O2S/c1-3-19-10(2)15(9-17-19)22(20,21)18-16-13-5-11-4-12(7-13)8-14(16)6-11/h9,11-14,16,18H,3-8H2,1-2H3. The topological polar surface area (TPSA) is 64.0 Å². The van der Waals surface area contributed by atoms with Crippen molar-refractivity contribution in [3.8, 4) is 0 Å². The van der Waals surface area contributed by atoms with E-state index in [1.807, 2.05) is 13.8 Å². The molecule has 0 spiro atoms. The summed E-state index contributed by atoms with van der Waals surface area (Å²) >= 11 is 0. The maximum absolute atomic E-state index is 12.8. The van der Waals surface area contributed by atoms with Gasteiger partial charge in [0.25, 0.3) is 0 Å². The first-order chi connectivity index (χ1) is 10.5. The maximum atomic E-state index is 12.8. The summed E-state index contributed by atoms with van der Waals surface area (Å²) in [5, 5.41) is 4.18. The normalized spacial score (nSPS) is 36.9. The molecule has 0 radical (unpaired) electrons. The molecule has 5 rings (SSSR count). The van der Waals surface area contributed by atoms with Crippen molar-refractivity contribution in [2.24, 2.45) is 23.7 Å². The number of nitrogens with zero attached hydrogens (tertiary/aromatic N) is 2. The lowest BCUT2D eigenvalue weighted by Crippen LogP contribution is -2.55. The summed E-state index contributed by atoms with van der Waals surface area (Å²) in [6.45, 7) is 4.50. The minimum atomic E-state index is -3.46. The molecule has 6 heteroatoms. The molecule has 1 aromatic rings. The number of aromatic nitrogens is 2. The van der Waals surface area contributed by atoms with Gasteiger partial charge < -0.3 is 0 Å². The molecule has 4 saturated carbocycles. The number of rotatable bonds is 4. The minimum Gasteiger partial charge on any atom is -0.269 e.